The molecule has 0 saturated carbocycles. The summed E-state index contributed by atoms with van der Waals surface area (Å²) in [4.78, 5) is 24.0. The minimum absolute atomic E-state index is 0.0495. The van der Waals surface area contributed by atoms with Crippen molar-refractivity contribution in [1.29, 1.82) is 0 Å². The number of rotatable bonds is 4. The van der Waals surface area contributed by atoms with Gasteiger partial charge in [0, 0.05) is 12.1 Å². The van der Waals surface area contributed by atoms with Crippen LogP contribution in [0, 0.1) is 0 Å². The van der Waals surface area contributed by atoms with E-state index >= 15 is 0 Å². The molecule has 1 aromatic heterocycles. The smallest absolute Gasteiger partial charge is 0.273 e. The second-order valence-electron chi connectivity index (χ2n) is 7.22. The molecule has 142 valence electrons. The van der Waals surface area contributed by atoms with E-state index < -0.39 is 0 Å². The average Bonchev–Trinajstić information content (AvgIpc) is 3.18. The van der Waals surface area contributed by atoms with Gasteiger partial charge in [0.15, 0.2) is 5.69 Å². The first-order valence-corrected chi connectivity index (χ1v) is 9.46. The van der Waals surface area contributed by atoms with Gasteiger partial charge in [0.1, 0.15) is 0 Å². The number of piperidine rings is 1. The van der Waals surface area contributed by atoms with Gasteiger partial charge >= 0.3 is 0 Å². The SMILES string of the molecule is CC(NC(=O)c1cn(C2CCNCC2)nn1)c1ccc2c(c1)CCC(=O)N2. The molecule has 8 nitrogen and oxygen atoms in total. The Labute approximate surface area is 157 Å². The molecule has 0 spiro atoms. The number of aryl methyl sites for hydroxylation is 1. The van der Waals surface area contributed by atoms with Crippen molar-refractivity contribution in [1.82, 2.24) is 25.6 Å². The van der Waals surface area contributed by atoms with Crippen LogP contribution in [0.2, 0.25) is 0 Å². The average molecular weight is 368 g/mol. The number of fused-ring (bicyclic) bond motifs is 1. The number of carbonyl (C=O) groups excluding carboxylic acids is 2. The Bertz CT molecular complexity index is 856. The zero-order chi connectivity index (χ0) is 18.8. The lowest BCUT2D eigenvalue weighted by Crippen LogP contribution is -2.29. The number of carbonyl (C=O) groups is 2. The van der Waals surface area contributed by atoms with E-state index in [1.54, 1.807) is 6.20 Å². The standard InChI is InChI=1S/C19H24N6O2/c1-12(13-2-4-16-14(10-13)3-5-18(26)22-16)21-19(27)17-11-25(24-23-17)15-6-8-20-9-7-15/h2,4,10-12,15,20H,3,5-9H2,1H3,(H,21,27)(H,22,26). The predicted octanol–water partition coefficient (Wildman–Crippen LogP) is 1.58. The first kappa shape index (κ1) is 17.7. The Hall–Kier alpha value is -2.74. The Morgan fingerprint density at radius 1 is 1.30 bits per heavy atom. The van der Waals surface area contributed by atoms with Gasteiger partial charge in [-0.2, -0.15) is 0 Å². The molecule has 2 aromatic rings. The van der Waals surface area contributed by atoms with Gasteiger partial charge in [0.25, 0.3) is 5.91 Å². The lowest BCUT2D eigenvalue weighted by atomic mass is 9.98. The molecule has 27 heavy (non-hydrogen) atoms. The largest absolute Gasteiger partial charge is 0.344 e. The van der Waals surface area contributed by atoms with E-state index in [2.05, 4.69) is 26.3 Å². The van der Waals surface area contributed by atoms with Crippen molar-refractivity contribution in [3.63, 3.8) is 0 Å². The van der Waals surface area contributed by atoms with Gasteiger partial charge in [-0.3, -0.25) is 9.59 Å². The van der Waals surface area contributed by atoms with E-state index in [1.807, 2.05) is 29.8 Å². The number of nitrogens with one attached hydrogen (secondary N) is 3. The van der Waals surface area contributed by atoms with Gasteiger partial charge in [-0.05, 0) is 56.5 Å². The van der Waals surface area contributed by atoms with Crippen LogP contribution in [0.5, 0.6) is 0 Å². The maximum atomic E-state index is 12.6. The first-order chi connectivity index (χ1) is 13.1. The summed E-state index contributed by atoms with van der Waals surface area (Å²) < 4.78 is 1.81. The third-order valence-corrected chi connectivity index (χ3v) is 5.30. The van der Waals surface area contributed by atoms with E-state index in [4.69, 9.17) is 0 Å². The molecule has 3 N–H and O–H groups in total. The highest BCUT2D eigenvalue weighted by molar-refractivity contribution is 5.94. The highest BCUT2D eigenvalue weighted by Gasteiger charge is 2.21. The summed E-state index contributed by atoms with van der Waals surface area (Å²) in [5, 5.41) is 17.4. The molecule has 1 saturated heterocycles. The molecule has 8 heteroatoms. The van der Waals surface area contributed by atoms with Crippen molar-refractivity contribution >= 4 is 17.5 Å². The van der Waals surface area contributed by atoms with Crippen LogP contribution in [0.15, 0.2) is 24.4 Å². The molecule has 0 radical (unpaired) electrons. The maximum Gasteiger partial charge on any atom is 0.273 e. The van der Waals surface area contributed by atoms with Gasteiger partial charge in [0.2, 0.25) is 5.91 Å². The van der Waals surface area contributed by atoms with Crippen LogP contribution in [0.4, 0.5) is 5.69 Å². The molecular weight excluding hydrogens is 344 g/mol. The minimum atomic E-state index is -0.228. The van der Waals surface area contributed by atoms with Crippen molar-refractivity contribution < 1.29 is 9.59 Å². The molecule has 2 amide bonds. The van der Waals surface area contributed by atoms with Gasteiger partial charge < -0.3 is 16.0 Å². The van der Waals surface area contributed by atoms with Crippen molar-refractivity contribution in [2.75, 3.05) is 18.4 Å². The minimum Gasteiger partial charge on any atom is -0.344 e. The van der Waals surface area contributed by atoms with Gasteiger partial charge in [-0.15, -0.1) is 5.10 Å². The quantitative estimate of drug-likeness (QED) is 0.761. The fraction of sp³-hybridized carbons (Fsp3) is 0.474. The number of hydrogen-bond donors (Lipinski definition) is 3. The van der Waals surface area contributed by atoms with E-state index in [1.165, 1.54) is 0 Å². The normalized spacial score (nSPS) is 18.5. The molecular formula is C19H24N6O2. The summed E-state index contributed by atoms with van der Waals surface area (Å²) in [5.74, 6) is -0.179. The summed E-state index contributed by atoms with van der Waals surface area (Å²) in [6, 6.07) is 6.02. The third kappa shape index (κ3) is 3.85. The Morgan fingerprint density at radius 3 is 2.93 bits per heavy atom. The summed E-state index contributed by atoms with van der Waals surface area (Å²) >= 11 is 0. The summed E-state index contributed by atoms with van der Waals surface area (Å²) in [6.07, 6.45) is 4.94. The van der Waals surface area contributed by atoms with Crippen molar-refractivity contribution in [2.24, 2.45) is 0 Å². The van der Waals surface area contributed by atoms with E-state index in [-0.39, 0.29) is 17.9 Å². The molecule has 2 aliphatic heterocycles. The molecule has 0 bridgehead atoms. The fourth-order valence-electron chi connectivity index (χ4n) is 3.66. The molecule has 0 aliphatic carbocycles. The molecule has 1 aromatic carbocycles. The van der Waals surface area contributed by atoms with Gasteiger partial charge in [-0.25, -0.2) is 4.68 Å². The van der Waals surface area contributed by atoms with E-state index in [0.717, 1.165) is 49.2 Å². The zero-order valence-corrected chi connectivity index (χ0v) is 15.4. The topological polar surface area (TPSA) is 101 Å². The highest BCUT2D eigenvalue weighted by Crippen LogP contribution is 2.26. The van der Waals surface area contributed by atoms with Crippen LogP contribution in [0.3, 0.4) is 0 Å². The summed E-state index contributed by atoms with van der Waals surface area (Å²) in [7, 11) is 0. The second-order valence-corrected chi connectivity index (χ2v) is 7.22. The maximum absolute atomic E-state index is 12.6. The Kier molecular flexibility index (Phi) is 4.89. The fourth-order valence-corrected chi connectivity index (χ4v) is 3.66. The van der Waals surface area contributed by atoms with E-state index in [0.29, 0.717) is 18.2 Å². The molecule has 1 fully saturated rings. The van der Waals surface area contributed by atoms with Crippen molar-refractivity contribution in [3.05, 3.63) is 41.2 Å². The number of anilines is 1. The lowest BCUT2D eigenvalue weighted by molar-refractivity contribution is -0.116. The molecule has 3 heterocycles. The second kappa shape index (κ2) is 7.48. The monoisotopic (exact) mass is 368 g/mol. The van der Waals surface area contributed by atoms with Gasteiger partial charge in [-0.1, -0.05) is 17.3 Å². The summed E-state index contributed by atoms with van der Waals surface area (Å²) in [6.45, 7) is 3.86. The van der Waals surface area contributed by atoms with Crippen LogP contribution < -0.4 is 16.0 Å². The van der Waals surface area contributed by atoms with Crippen LogP contribution in [-0.4, -0.2) is 39.9 Å². The van der Waals surface area contributed by atoms with Crippen molar-refractivity contribution in [3.8, 4) is 0 Å². The van der Waals surface area contributed by atoms with Crippen LogP contribution >= 0.6 is 0 Å². The Balaban J connectivity index is 1.42. The molecule has 4 rings (SSSR count). The van der Waals surface area contributed by atoms with E-state index in [9.17, 15) is 9.59 Å². The van der Waals surface area contributed by atoms with Crippen molar-refractivity contribution in [2.45, 2.75) is 44.7 Å². The zero-order valence-electron chi connectivity index (χ0n) is 15.4. The number of amides is 2. The Morgan fingerprint density at radius 2 is 2.11 bits per heavy atom. The molecule has 1 unspecified atom stereocenters. The van der Waals surface area contributed by atoms with Crippen LogP contribution in [0.1, 0.15) is 59.9 Å². The van der Waals surface area contributed by atoms with Crippen LogP contribution in [-0.2, 0) is 11.2 Å². The summed E-state index contributed by atoms with van der Waals surface area (Å²) in [5.41, 5.74) is 3.30. The number of aromatic nitrogens is 3. The third-order valence-electron chi connectivity index (χ3n) is 5.30. The first-order valence-electron chi connectivity index (χ1n) is 9.46. The number of nitrogens with zero attached hydrogens (tertiary/aromatic N) is 3. The van der Waals surface area contributed by atoms with Gasteiger partial charge in [0.05, 0.1) is 18.3 Å². The molecule has 2 aliphatic rings. The lowest BCUT2D eigenvalue weighted by Gasteiger charge is -2.22. The number of benzene rings is 1. The number of hydrogen-bond acceptors (Lipinski definition) is 5. The van der Waals surface area contributed by atoms with Crippen LogP contribution in [0.25, 0.3) is 0 Å². The highest BCUT2D eigenvalue weighted by atomic mass is 16.2. The predicted molar refractivity (Wildman–Crippen MR) is 100 cm³/mol. The molecule has 1 atom stereocenters.